The SMILES string of the molecule is CCCNC(=S)N1CC2(C)CN(C(=O)C(=O)OCC)CC(C)(C1)C2=O. The van der Waals surface area contributed by atoms with Crippen LogP contribution < -0.4 is 5.32 Å². The summed E-state index contributed by atoms with van der Waals surface area (Å²) >= 11 is 5.46. The molecule has 7 nitrogen and oxygen atoms in total. The Balaban J connectivity index is 2.20. The van der Waals surface area contributed by atoms with Crippen molar-refractivity contribution in [1.82, 2.24) is 15.1 Å². The van der Waals surface area contributed by atoms with E-state index in [4.69, 9.17) is 17.0 Å². The van der Waals surface area contributed by atoms with Gasteiger partial charge in [0.2, 0.25) is 0 Å². The van der Waals surface area contributed by atoms with Gasteiger partial charge in [-0.2, -0.15) is 0 Å². The first-order valence-electron chi connectivity index (χ1n) is 8.70. The maximum Gasteiger partial charge on any atom is 0.397 e. The molecule has 2 bridgehead atoms. The predicted molar refractivity (Wildman–Crippen MR) is 96.9 cm³/mol. The summed E-state index contributed by atoms with van der Waals surface area (Å²) in [5, 5.41) is 3.84. The van der Waals surface area contributed by atoms with E-state index in [9.17, 15) is 14.4 Å². The topological polar surface area (TPSA) is 78.9 Å². The van der Waals surface area contributed by atoms with Gasteiger partial charge in [0.05, 0.1) is 17.4 Å². The Kier molecular flexibility index (Phi) is 5.71. The van der Waals surface area contributed by atoms with E-state index >= 15 is 0 Å². The molecule has 8 heteroatoms. The Morgan fingerprint density at radius 3 is 2.12 bits per heavy atom. The average Bonchev–Trinajstić information content (AvgIpc) is 2.54. The standard InChI is InChI=1S/C17H27N3O4S/c1-5-7-18-15(25)20-10-16(3)8-19(12(21)13(22)24-6-2)9-17(4,11-20)14(16)23/h5-11H2,1-4H3,(H,18,25). The van der Waals surface area contributed by atoms with Gasteiger partial charge < -0.3 is 19.9 Å². The molecule has 0 aliphatic carbocycles. The highest BCUT2D eigenvalue weighted by molar-refractivity contribution is 7.80. The number of Topliss-reactive ketones (excluding diaryl/α,β-unsaturated/α-hetero) is 1. The Bertz CT molecular complexity index is 572. The van der Waals surface area contributed by atoms with Crippen LogP contribution >= 0.6 is 12.2 Å². The van der Waals surface area contributed by atoms with E-state index in [1.165, 1.54) is 4.90 Å². The number of carbonyl (C=O) groups is 3. The molecule has 2 atom stereocenters. The first-order valence-corrected chi connectivity index (χ1v) is 9.11. The number of carbonyl (C=O) groups excluding carboxylic acids is 3. The summed E-state index contributed by atoms with van der Waals surface area (Å²) in [5.41, 5.74) is -1.52. The lowest BCUT2D eigenvalue weighted by Gasteiger charge is -2.55. The van der Waals surface area contributed by atoms with Crippen molar-refractivity contribution in [3.63, 3.8) is 0 Å². The van der Waals surface area contributed by atoms with Crippen LogP contribution in [0.5, 0.6) is 0 Å². The minimum Gasteiger partial charge on any atom is -0.459 e. The van der Waals surface area contributed by atoms with Crippen molar-refractivity contribution < 1.29 is 19.1 Å². The molecule has 140 valence electrons. The van der Waals surface area contributed by atoms with Crippen LogP contribution in [0.4, 0.5) is 0 Å². The van der Waals surface area contributed by atoms with Crippen molar-refractivity contribution in [3.8, 4) is 0 Å². The summed E-state index contributed by atoms with van der Waals surface area (Å²) in [7, 11) is 0. The summed E-state index contributed by atoms with van der Waals surface area (Å²) in [6.07, 6.45) is 0.962. The van der Waals surface area contributed by atoms with Gasteiger partial charge in [-0.05, 0) is 39.4 Å². The van der Waals surface area contributed by atoms with E-state index in [0.717, 1.165) is 13.0 Å². The highest BCUT2D eigenvalue weighted by Gasteiger charge is 2.57. The van der Waals surface area contributed by atoms with Crippen LogP contribution in [0.3, 0.4) is 0 Å². The number of piperidine rings is 2. The molecular formula is C17H27N3O4S. The first kappa shape index (κ1) is 19.6. The quantitative estimate of drug-likeness (QED) is 0.443. The monoisotopic (exact) mass is 369 g/mol. The summed E-state index contributed by atoms with van der Waals surface area (Å²) in [6.45, 7) is 9.60. The van der Waals surface area contributed by atoms with Crippen LogP contribution in [0.1, 0.15) is 34.1 Å². The summed E-state index contributed by atoms with van der Waals surface area (Å²) in [5.74, 6) is -1.41. The molecule has 2 aliphatic rings. The number of amides is 1. The van der Waals surface area contributed by atoms with Crippen LogP contribution in [0, 0.1) is 10.8 Å². The molecule has 0 aromatic heterocycles. The third-order valence-corrected chi connectivity index (χ3v) is 5.21. The van der Waals surface area contributed by atoms with Gasteiger partial charge in [0, 0.05) is 32.7 Å². The minimum atomic E-state index is -0.862. The number of likely N-dealkylation sites (tertiary alicyclic amines) is 2. The van der Waals surface area contributed by atoms with E-state index < -0.39 is 22.7 Å². The molecule has 25 heavy (non-hydrogen) atoms. The van der Waals surface area contributed by atoms with E-state index in [2.05, 4.69) is 12.2 Å². The second kappa shape index (κ2) is 7.27. The molecule has 2 heterocycles. The van der Waals surface area contributed by atoms with Gasteiger partial charge in [-0.3, -0.25) is 9.59 Å². The molecule has 2 fully saturated rings. The normalized spacial score (nSPS) is 28.6. The van der Waals surface area contributed by atoms with E-state index in [0.29, 0.717) is 18.2 Å². The summed E-state index contributed by atoms with van der Waals surface area (Å²) in [6, 6.07) is 0. The fourth-order valence-corrected chi connectivity index (χ4v) is 4.10. The van der Waals surface area contributed by atoms with Crippen molar-refractivity contribution in [2.24, 2.45) is 10.8 Å². The number of esters is 1. The van der Waals surface area contributed by atoms with Crippen molar-refractivity contribution in [2.75, 3.05) is 39.3 Å². The molecular weight excluding hydrogens is 342 g/mol. The smallest absolute Gasteiger partial charge is 0.397 e. The number of fused-ring (bicyclic) bond motifs is 2. The lowest BCUT2D eigenvalue weighted by Crippen LogP contribution is -2.70. The zero-order valence-electron chi connectivity index (χ0n) is 15.4. The molecule has 0 radical (unpaired) electrons. The van der Waals surface area contributed by atoms with Crippen molar-refractivity contribution in [1.29, 1.82) is 0 Å². The van der Waals surface area contributed by atoms with Crippen molar-refractivity contribution >= 4 is 35.0 Å². The number of hydrogen-bond donors (Lipinski definition) is 1. The van der Waals surface area contributed by atoms with Gasteiger partial charge in [-0.1, -0.05) is 6.92 Å². The molecule has 0 saturated carbocycles. The highest BCUT2D eigenvalue weighted by Crippen LogP contribution is 2.42. The van der Waals surface area contributed by atoms with Gasteiger partial charge in [0.25, 0.3) is 0 Å². The minimum absolute atomic E-state index is 0.127. The number of ketones is 1. The van der Waals surface area contributed by atoms with Crippen molar-refractivity contribution in [3.05, 3.63) is 0 Å². The summed E-state index contributed by atoms with van der Waals surface area (Å²) in [4.78, 5) is 40.6. The zero-order valence-corrected chi connectivity index (χ0v) is 16.2. The fraction of sp³-hybridized carbons (Fsp3) is 0.765. The average molecular weight is 369 g/mol. The maximum atomic E-state index is 13.0. The number of ether oxygens (including phenoxy) is 1. The van der Waals surface area contributed by atoms with Crippen LogP contribution in [0.15, 0.2) is 0 Å². The van der Waals surface area contributed by atoms with Gasteiger partial charge in [-0.15, -0.1) is 0 Å². The lowest BCUT2D eigenvalue weighted by atomic mass is 9.64. The van der Waals surface area contributed by atoms with Crippen LogP contribution in [0.25, 0.3) is 0 Å². The van der Waals surface area contributed by atoms with Gasteiger partial charge in [0.1, 0.15) is 0 Å². The third kappa shape index (κ3) is 3.78. The molecule has 2 unspecified atom stereocenters. The zero-order chi connectivity index (χ0) is 18.8. The second-order valence-corrected chi connectivity index (χ2v) is 7.81. The van der Waals surface area contributed by atoms with Crippen molar-refractivity contribution in [2.45, 2.75) is 34.1 Å². The largest absolute Gasteiger partial charge is 0.459 e. The van der Waals surface area contributed by atoms with E-state index in [1.54, 1.807) is 6.92 Å². The Hall–Kier alpha value is -1.70. The lowest BCUT2D eigenvalue weighted by molar-refractivity contribution is -0.169. The Morgan fingerprint density at radius 1 is 1.12 bits per heavy atom. The van der Waals surface area contributed by atoms with E-state index in [1.807, 2.05) is 18.7 Å². The number of rotatable bonds is 3. The van der Waals surface area contributed by atoms with E-state index in [-0.39, 0.29) is 25.5 Å². The van der Waals surface area contributed by atoms with Gasteiger partial charge in [0.15, 0.2) is 10.9 Å². The van der Waals surface area contributed by atoms with Crippen LogP contribution in [0.2, 0.25) is 0 Å². The Labute approximate surface area is 154 Å². The number of nitrogens with one attached hydrogen (secondary N) is 1. The summed E-state index contributed by atoms with van der Waals surface area (Å²) < 4.78 is 4.82. The molecule has 1 N–H and O–H groups in total. The van der Waals surface area contributed by atoms with Gasteiger partial charge in [-0.25, -0.2) is 4.79 Å². The molecule has 2 rings (SSSR count). The fourth-order valence-electron chi connectivity index (χ4n) is 3.87. The maximum absolute atomic E-state index is 13.0. The second-order valence-electron chi connectivity index (χ2n) is 7.42. The molecule has 0 aromatic rings. The molecule has 0 aromatic carbocycles. The predicted octanol–water partition coefficient (Wildman–Crippen LogP) is 0.574. The molecule has 0 spiro atoms. The number of nitrogens with zero attached hydrogens (tertiary/aromatic N) is 2. The molecule has 2 aliphatic heterocycles. The Morgan fingerprint density at radius 2 is 1.64 bits per heavy atom. The third-order valence-electron chi connectivity index (χ3n) is 4.81. The first-order chi connectivity index (χ1) is 11.7. The van der Waals surface area contributed by atoms with Gasteiger partial charge >= 0.3 is 11.9 Å². The molecule has 1 amide bonds. The number of thiocarbonyl (C=S) groups is 1. The van der Waals surface area contributed by atoms with Crippen LogP contribution in [-0.4, -0.2) is 71.9 Å². The van der Waals surface area contributed by atoms with Crippen LogP contribution in [-0.2, 0) is 19.1 Å². The number of hydrogen-bond acceptors (Lipinski definition) is 5. The highest BCUT2D eigenvalue weighted by atomic mass is 32.1. The molecule has 2 saturated heterocycles.